The number of hydrogen-bond donors (Lipinski definition) is 1. The summed E-state index contributed by atoms with van der Waals surface area (Å²) < 4.78 is 0. The van der Waals surface area contributed by atoms with Crippen molar-refractivity contribution in [3.63, 3.8) is 0 Å². The van der Waals surface area contributed by atoms with Crippen LogP contribution in [0.2, 0.25) is 5.15 Å². The van der Waals surface area contributed by atoms with Crippen LogP contribution in [0.25, 0.3) is 11.4 Å². The van der Waals surface area contributed by atoms with E-state index in [2.05, 4.69) is 25.4 Å². The number of nitrogens with one attached hydrogen (secondary N) is 1. The maximum atomic E-state index is 11.4. The fraction of sp³-hybridized carbons (Fsp3) is 0.312. The summed E-state index contributed by atoms with van der Waals surface area (Å²) in [5.74, 6) is 0.609. The van der Waals surface area contributed by atoms with Crippen LogP contribution in [0.15, 0.2) is 29.4 Å². The molecule has 0 aromatic carbocycles. The first kappa shape index (κ1) is 16.3. The summed E-state index contributed by atoms with van der Waals surface area (Å²) in [6.45, 7) is 5.44. The Morgan fingerprint density at radius 1 is 1.29 bits per heavy atom. The molecule has 1 aliphatic rings. The van der Waals surface area contributed by atoms with E-state index < -0.39 is 0 Å². The second kappa shape index (κ2) is 6.52. The molecule has 0 radical (unpaired) electrons. The van der Waals surface area contributed by atoms with Crippen molar-refractivity contribution in [3.8, 4) is 11.4 Å². The molecular formula is C16H17ClN6O. The van der Waals surface area contributed by atoms with Crippen molar-refractivity contribution in [2.75, 3.05) is 10.3 Å². The lowest BCUT2D eigenvalue weighted by Crippen LogP contribution is -2.25. The highest BCUT2D eigenvalue weighted by molar-refractivity contribution is 6.29. The maximum Gasteiger partial charge on any atom is 0.249 e. The molecule has 1 unspecified atom stereocenters. The number of hydrogen-bond acceptors (Lipinski definition) is 6. The van der Waals surface area contributed by atoms with Crippen LogP contribution in [-0.4, -0.2) is 32.6 Å². The Balaban J connectivity index is 2.08. The summed E-state index contributed by atoms with van der Waals surface area (Å²) in [5.41, 5.74) is 2.18. The number of carbonyl (C=O) groups excluding carboxylic acids is 1. The number of amides is 1. The average Bonchev–Trinajstić information content (AvgIpc) is 2.85. The molecule has 8 heteroatoms. The van der Waals surface area contributed by atoms with Crippen molar-refractivity contribution in [1.29, 1.82) is 0 Å². The standard InChI is InChI=1S/C16H17ClN6O/c1-9-7-10(2)23(22-9)16-20-13(8-15(21-16)18-11(3)24)12-5-4-6-14(17)19-12/h4-6,8,10H,7H2,1-3H3,(H,18,20,21,24). The molecule has 0 saturated carbocycles. The topological polar surface area (TPSA) is 83.4 Å². The average molecular weight is 345 g/mol. The van der Waals surface area contributed by atoms with E-state index >= 15 is 0 Å². The molecular weight excluding hydrogens is 328 g/mol. The highest BCUT2D eigenvalue weighted by atomic mass is 35.5. The third-order valence-electron chi connectivity index (χ3n) is 3.49. The summed E-state index contributed by atoms with van der Waals surface area (Å²) in [6, 6.07) is 7.11. The fourth-order valence-corrected chi connectivity index (χ4v) is 2.71. The second-order valence-corrected chi connectivity index (χ2v) is 6.09. The Labute approximate surface area is 144 Å². The van der Waals surface area contributed by atoms with Crippen molar-refractivity contribution in [2.24, 2.45) is 5.10 Å². The first-order chi connectivity index (χ1) is 11.4. The summed E-state index contributed by atoms with van der Waals surface area (Å²) in [6.07, 6.45) is 0.846. The molecule has 7 nitrogen and oxygen atoms in total. The zero-order chi connectivity index (χ0) is 17.3. The first-order valence-electron chi connectivity index (χ1n) is 7.55. The summed E-state index contributed by atoms with van der Waals surface area (Å²) in [4.78, 5) is 24.6. The van der Waals surface area contributed by atoms with Gasteiger partial charge in [-0.3, -0.25) is 4.79 Å². The maximum absolute atomic E-state index is 11.4. The molecule has 0 fully saturated rings. The number of anilines is 2. The number of nitrogens with zero attached hydrogens (tertiary/aromatic N) is 5. The van der Waals surface area contributed by atoms with E-state index in [4.69, 9.17) is 11.6 Å². The molecule has 2 aromatic heterocycles. The van der Waals surface area contributed by atoms with Gasteiger partial charge in [-0.05, 0) is 26.0 Å². The Morgan fingerprint density at radius 3 is 2.71 bits per heavy atom. The molecule has 1 atom stereocenters. The van der Waals surface area contributed by atoms with Gasteiger partial charge in [-0.2, -0.15) is 10.1 Å². The molecule has 124 valence electrons. The van der Waals surface area contributed by atoms with E-state index in [1.54, 1.807) is 29.3 Å². The zero-order valence-electron chi connectivity index (χ0n) is 13.6. The van der Waals surface area contributed by atoms with Gasteiger partial charge in [0, 0.05) is 25.1 Å². The lowest BCUT2D eigenvalue weighted by atomic mass is 10.2. The predicted molar refractivity (Wildman–Crippen MR) is 94.2 cm³/mol. The molecule has 1 aliphatic heterocycles. The Bertz CT molecular complexity index is 822. The van der Waals surface area contributed by atoms with Crippen molar-refractivity contribution in [3.05, 3.63) is 29.4 Å². The van der Waals surface area contributed by atoms with Crippen LogP contribution >= 0.6 is 11.6 Å². The Morgan fingerprint density at radius 2 is 2.08 bits per heavy atom. The van der Waals surface area contributed by atoms with Crippen molar-refractivity contribution in [2.45, 2.75) is 33.2 Å². The SMILES string of the molecule is CC(=O)Nc1cc(-c2cccc(Cl)n2)nc(N2N=C(C)CC2C)n1. The van der Waals surface area contributed by atoms with E-state index in [-0.39, 0.29) is 11.9 Å². The summed E-state index contributed by atoms with van der Waals surface area (Å²) >= 11 is 5.97. The quantitative estimate of drug-likeness (QED) is 0.865. The van der Waals surface area contributed by atoms with Gasteiger partial charge in [0.1, 0.15) is 11.0 Å². The number of halogens is 1. The second-order valence-electron chi connectivity index (χ2n) is 5.70. The van der Waals surface area contributed by atoms with Crippen LogP contribution in [0.5, 0.6) is 0 Å². The van der Waals surface area contributed by atoms with Crippen LogP contribution in [0, 0.1) is 0 Å². The number of hydrazone groups is 1. The molecule has 1 N–H and O–H groups in total. The lowest BCUT2D eigenvalue weighted by Gasteiger charge is -2.19. The van der Waals surface area contributed by atoms with Gasteiger partial charge in [-0.25, -0.2) is 15.0 Å². The molecule has 0 aliphatic carbocycles. The van der Waals surface area contributed by atoms with Crippen LogP contribution in [0.3, 0.4) is 0 Å². The fourth-order valence-electron chi connectivity index (χ4n) is 2.54. The first-order valence-corrected chi connectivity index (χ1v) is 7.93. The van der Waals surface area contributed by atoms with E-state index in [0.29, 0.717) is 28.3 Å². The molecule has 24 heavy (non-hydrogen) atoms. The molecule has 3 rings (SSSR count). The Hall–Kier alpha value is -2.54. The van der Waals surface area contributed by atoms with Crippen LogP contribution < -0.4 is 10.3 Å². The highest BCUT2D eigenvalue weighted by Crippen LogP contribution is 2.26. The Kier molecular flexibility index (Phi) is 4.44. The van der Waals surface area contributed by atoms with Gasteiger partial charge in [0.15, 0.2) is 0 Å². The molecule has 0 spiro atoms. The van der Waals surface area contributed by atoms with Crippen molar-refractivity contribution in [1.82, 2.24) is 15.0 Å². The van der Waals surface area contributed by atoms with E-state index in [1.165, 1.54) is 6.92 Å². The number of carbonyl (C=O) groups is 1. The van der Waals surface area contributed by atoms with Crippen molar-refractivity contribution < 1.29 is 4.79 Å². The molecule has 3 heterocycles. The molecule has 1 amide bonds. The van der Waals surface area contributed by atoms with Gasteiger partial charge in [0.2, 0.25) is 11.9 Å². The highest BCUT2D eigenvalue weighted by Gasteiger charge is 2.25. The van der Waals surface area contributed by atoms with Crippen LogP contribution in [0.4, 0.5) is 11.8 Å². The summed E-state index contributed by atoms with van der Waals surface area (Å²) in [7, 11) is 0. The van der Waals surface area contributed by atoms with E-state index in [0.717, 1.165) is 12.1 Å². The van der Waals surface area contributed by atoms with Crippen LogP contribution in [0.1, 0.15) is 27.2 Å². The molecule has 0 saturated heterocycles. The van der Waals surface area contributed by atoms with Gasteiger partial charge in [-0.15, -0.1) is 0 Å². The smallest absolute Gasteiger partial charge is 0.249 e. The van der Waals surface area contributed by atoms with Crippen molar-refractivity contribution >= 4 is 35.0 Å². The van der Waals surface area contributed by atoms with Gasteiger partial charge >= 0.3 is 0 Å². The zero-order valence-corrected chi connectivity index (χ0v) is 14.4. The summed E-state index contributed by atoms with van der Waals surface area (Å²) in [5, 5.41) is 9.30. The van der Waals surface area contributed by atoms with Gasteiger partial charge in [0.05, 0.1) is 17.4 Å². The monoisotopic (exact) mass is 344 g/mol. The van der Waals surface area contributed by atoms with Gasteiger partial charge in [0.25, 0.3) is 0 Å². The molecule has 2 aromatic rings. The number of pyridine rings is 1. The third kappa shape index (κ3) is 3.51. The minimum absolute atomic E-state index is 0.151. The van der Waals surface area contributed by atoms with E-state index in [9.17, 15) is 4.79 Å². The lowest BCUT2D eigenvalue weighted by molar-refractivity contribution is -0.114. The van der Waals surface area contributed by atoms with Gasteiger partial charge in [-0.1, -0.05) is 17.7 Å². The minimum Gasteiger partial charge on any atom is -0.311 e. The van der Waals surface area contributed by atoms with Gasteiger partial charge < -0.3 is 5.32 Å². The number of aromatic nitrogens is 3. The molecule has 0 bridgehead atoms. The van der Waals surface area contributed by atoms with E-state index in [1.807, 2.05) is 13.8 Å². The third-order valence-corrected chi connectivity index (χ3v) is 3.70. The largest absolute Gasteiger partial charge is 0.311 e. The predicted octanol–water partition coefficient (Wildman–Crippen LogP) is 3.12. The normalized spacial score (nSPS) is 16.9. The number of rotatable bonds is 3. The minimum atomic E-state index is -0.209. The van der Waals surface area contributed by atoms with Crippen LogP contribution in [-0.2, 0) is 4.79 Å².